The van der Waals surface area contributed by atoms with Crippen molar-refractivity contribution in [3.8, 4) is 23.3 Å². The van der Waals surface area contributed by atoms with Gasteiger partial charge in [-0.15, -0.1) is 5.92 Å². The molecule has 16 aliphatic rings. The van der Waals surface area contributed by atoms with Gasteiger partial charge < -0.3 is 55.4 Å². The van der Waals surface area contributed by atoms with Crippen molar-refractivity contribution in [1.29, 1.82) is 0 Å². The highest BCUT2D eigenvalue weighted by Gasteiger charge is 2.79. The normalized spacial score (nSPS) is 39.4. The summed E-state index contributed by atoms with van der Waals surface area (Å²) in [5.41, 5.74) is 0.856. The third-order valence-corrected chi connectivity index (χ3v) is 29.1. The number of carbonyl (C=O) groups excluding carboxylic acids is 3. The fraction of sp³-hybridized carbons (Fsp3) is 0.592. The van der Waals surface area contributed by atoms with Crippen molar-refractivity contribution in [1.82, 2.24) is 19.9 Å². The molecule has 10 bridgehead atoms. The molecule has 14 atom stereocenters. The number of phenols is 1. The number of ether oxygens (including phenoxy) is 2. The van der Waals surface area contributed by atoms with Gasteiger partial charge in [-0.3, -0.25) is 14.4 Å². The number of aliphatic hydroxyl groups is 5. The van der Waals surface area contributed by atoms with E-state index in [0.29, 0.717) is 89.7 Å². The first-order valence-electron chi connectivity index (χ1n) is 35.1. The summed E-state index contributed by atoms with van der Waals surface area (Å²) < 4.78 is 15.4. The molecule has 7 saturated carbocycles. The second-order valence-electron chi connectivity index (χ2n) is 32.4. The van der Waals surface area contributed by atoms with Crippen molar-refractivity contribution >= 4 is 39.5 Å². The molecule has 3 aromatic heterocycles. The van der Waals surface area contributed by atoms with Crippen LogP contribution in [0.1, 0.15) is 232 Å². The topological polar surface area (TPSA) is 260 Å². The van der Waals surface area contributed by atoms with E-state index in [4.69, 9.17) is 19.4 Å². The zero-order valence-electron chi connectivity index (χ0n) is 52.3. The van der Waals surface area contributed by atoms with Gasteiger partial charge in [-0.05, 0) is 190 Å². The maximum absolute atomic E-state index is 15.7. The number of ketones is 3. The second-order valence-corrected chi connectivity index (χ2v) is 32.4. The molecule has 476 valence electrons. The Hall–Kier alpha value is -6.45. The summed E-state index contributed by atoms with van der Waals surface area (Å²) in [6.07, 6.45) is 17.8. The van der Waals surface area contributed by atoms with E-state index >= 15 is 9.59 Å². The molecule has 0 amide bonds. The Labute approximate surface area is 533 Å². The van der Waals surface area contributed by atoms with Gasteiger partial charge in [-0.1, -0.05) is 56.4 Å². The van der Waals surface area contributed by atoms with Gasteiger partial charge in [0.1, 0.15) is 35.3 Å². The molecule has 12 aliphatic carbocycles. The van der Waals surface area contributed by atoms with Gasteiger partial charge in [0.2, 0.25) is 5.78 Å². The van der Waals surface area contributed by atoms with E-state index in [1.165, 1.54) is 6.07 Å². The summed E-state index contributed by atoms with van der Waals surface area (Å²) in [5.74, 6) is 3.96. The number of phenolic OH excluding ortho intramolecular Hbond substituents is 1. The molecule has 16 nitrogen and oxygen atoms in total. The summed E-state index contributed by atoms with van der Waals surface area (Å²) in [6.45, 7) is 1.71. The van der Waals surface area contributed by atoms with E-state index in [0.717, 1.165) is 144 Å². The zero-order chi connectivity index (χ0) is 62.2. The van der Waals surface area contributed by atoms with E-state index < -0.39 is 75.6 Å². The lowest BCUT2D eigenvalue weighted by molar-refractivity contribution is -0.366. The molecule has 14 unspecified atom stereocenters. The van der Waals surface area contributed by atoms with Gasteiger partial charge in [-0.25, -0.2) is 9.97 Å². The lowest BCUT2D eigenvalue weighted by Crippen LogP contribution is -2.79. The van der Waals surface area contributed by atoms with Crippen molar-refractivity contribution in [2.24, 2.45) is 44.8 Å². The van der Waals surface area contributed by atoms with Crippen LogP contribution in [-0.4, -0.2) is 116 Å². The number of hydrogen-bond acceptors (Lipinski definition) is 14. The van der Waals surface area contributed by atoms with Crippen LogP contribution in [0.15, 0.2) is 60.1 Å². The van der Waals surface area contributed by atoms with Crippen molar-refractivity contribution in [2.45, 2.75) is 226 Å². The van der Waals surface area contributed by atoms with Crippen LogP contribution in [0.5, 0.6) is 11.5 Å². The number of H-pyrrole nitrogens is 2. The van der Waals surface area contributed by atoms with Crippen LogP contribution < -0.4 is 10.1 Å². The van der Waals surface area contributed by atoms with E-state index in [1.807, 2.05) is 6.33 Å². The van der Waals surface area contributed by atoms with Crippen LogP contribution in [0.2, 0.25) is 0 Å². The Morgan fingerprint density at radius 3 is 2.35 bits per heavy atom. The number of anilines is 1. The van der Waals surface area contributed by atoms with Crippen LogP contribution in [0.4, 0.5) is 5.82 Å². The van der Waals surface area contributed by atoms with Crippen molar-refractivity contribution < 1.29 is 54.5 Å². The third-order valence-electron chi connectivity index (χ3n) is 29.1. The Kier molecular flexibility index (Phi) is 11.0. The summed E-state index contributed by atoms with van der Waals surface area (Å²) in [7, 11) is 0. The molecule has 0 radical (unpaired) electrons. The smallest absolute Gasteiger partial charge is 0.261 e. The van der Waals surface area contributed by atoms with Gasteiger partial charge in [0, 0.05) is 93.6 Å². The molecule has 4 aliphatic heterocycles. The molecule has 1 saturated heterocycles. The number of pyridine rings is 1. The number of Topliss-reactive ketones (excluding diaryl/α,β-unsaturated/α-hetero) is 1. The molecule has 7 heterocycles. The number of fused-ring (bicyclic) bond motifs is 11. The average molecular weight is 1240 g/mol. The van der Waals surface area contributed by atoms with Crippen LogP contribution in [0.3, 0.4) is 0 Å². The molecule has 16 heteroatoms. The Morgan fingerprint density at radius 1 is 0.761 bits per heavy atom. The van der Waals surface area contributed by atoms with Gasteiger partial charge >= 0.3 is 0 Å². The molecule has 8 fully saturated rings. The summed E-state index contributed by atoms with van der Waals surface area (Å²) in [5, 5.41) is 85.9. The number of rotatable bonds is 0. The predicted molar refractivity (Wildman–Crippen MR) is 338 cm³/mol. The minimum atomic E-state index is -2.52. The first-order valence-corrected chi connectivity index (χ1v) is 35.1. The first-order chi connectivity index (χ1) is 44.4. The number of carbonyl (C=O) groups is 3. The maximum Gasteiger partial charge on any atom is 0.261 e. The number of aromatic amines is 2. The number of aliphatic hydroxyl groups excluding tert-OH is 5. The quantitative estimate of drug-likeness (QED) is 0.0641. The molecule has 2 aromatic carbocycles. The lowest BCUT2D eigenvalue weighted by atomic mass is 9.37. The van der Waals surface area contributed by atoms with Crippen molar-refractivity contribution in [3.05, 3.63) is 116 Å². The maximum atomic E-state index is 15.7. The Balaban J connectivity index is 0.927. The predicted octanol–water partition coefficient (Wildman–Crippen LogP) is 10.4. The van der Waals surface area contributed by atoms with Crippen LogP contribution in [0.25, 0.3) is 16.3 Å². The molecular weight excluding hydrogens is 1160 g/mol. The third kappa shape index (κ3) is 6.30. The largest absolute Gasteiger partial charge is 0.507 e. The molecule has 9 N–H and O–H groups in total. The summed E-state index contributed by atoms with van der Waals surface area (Å²) >= 11 is 0. The van der Waals surface area contributed by atoms with Crippen LogP contribution >= 0.6 is 0 Å². The SMILES string of the molecule is Cc1cc(O)c2c(c1)C(=O)c1c(c3cc4c(nccc14)NCC(O)C14CC5(CCCC5)C5C#CCC6CCCC7C6(c6cc(c([nH]6)C6=CC8(O3)OC3(C6=C1CC1(CCC6(CCCC6)C1)C3O)C(O)C(O)C8O)C54)c1[nH]cnc1C1(CCC(=O)CC1)C71CCCC1)C2=O. The standard InChI is InChI=1S/C76H81N5O11/c1-38-28-43-53(48(83)29-38)60(86)55-49-30-42-41(54(55)59(43)85)16-27-77-66(42)78-34-52(84)73-36-69(19-4-5-20-69)46-12-8-10-39-11-9-13-50-71(21-6-7-22-71)72(23-14-40(82)15-24-72)62-63(80-37-79-62)75(39,50)51-31-44(56(46)73)58(81-51)45-32-74(91-49)64(88)61(87)65(89)76(92-74)57(45)47(73)33-70(67(76)90)26-25-68(35-70)17-2-3-18-68/h16,27-32,37,39,46,50,52,56,61,64-65,67,81,83-84,87-90H,2-7,9-11,13-15,17-26,33-36H2,1H3,(H,77,78)(H,79,80). The van der Waals surface area contributed by atoms with Crippen LogP contribution in [-0.2, 0) is 20.4 Å². The van der Waals surface area contributed by atoms with Gasteiger partial charge in [-0.2, -0.15) is 0 Å². The average Bonchev–Trinajstić information content (AvgIpc) is 1.36. The minimum absolute atomic E-state index is 0.0143. The number of aryl methyl sites for hydroxylation is 1. The van der Waals surface area contributed by atoms with Gasteiger partial charge in [0.15, 0.2) is 17.5 Å². The monoisotopic (exact) mass is 1240 g/mol. The number of benzene rings is 2. The molecule has 5 aromatic rings. The molecular formula is C76H81N5O11. The highest BCUT2D eigenvalue weighted by atomic mass is 16.7. The van der Waals surface area contributed by atoms with Crippen molar-refractivity contribution in [3.63, 3.8) is 0 Å². The molecule has 21 rings (SSSR count). The Morgan fingerprint density at radius 2 is 1.54 bits per heavy atom. The van der Waals surface area contributed by atoms with E-state index in [2.05, 4.69) is 33.2 Å². The lowest BCUT2D eigenvalue weighted by Gasteiger charge is -2.66. The minimum Gasteiger partial charge on any atom is -0.507 e. The number of hydrogen-bond donors (Lipinski definition) is 9. The number of aromatic nitrogens is 4. The number of nitrogens with zero attached hydrogens (tertiary/aromatic N) is 2. The number of imidazole rings is 1. The number of nitrogens with one attached hydrogen (secondary N) is 3. The summed E-state index contributed by atoms with van der Waals surface area (Å²) in [4.78, 5) is 63.4. The van der Waals surface area contributed by atoms with Gasteiger partial charge in [0.05, 0.1) is 46.5 Å². The van der Waals surface area contributed by atoms with E-state index in [1.54, 1.807) is 37.4 Å². The van der Waals surface area contributed by atoms with E-state index in [-0.39, 0.29) is 79.7 Å². The first kappa shape index (κ1) is 55.9. The molecule has 9 spiro atoms. The van der Waals surface area contributed by atoms with Gasteiger partial charge in [0.25, 0.3) is 5.79 Å². The molecule has 92 heavy (non-hydrogen) atoms. The zero-order valence-corrected chi connectivity index (χ0v) is 52.3. The highest BCUT2D eigenvalue weighted by Crippen LogP contribution is 2.80. The van der Waals surface area contributed by atoms with Crippen LogP contribution in [0, 0.1) is 63.6 Å². The summed E-state index contributed by atoms with van der Waals surface area (Å²) in [6, 6.07) is 8.78. The van der Waals surface area contributed by atoms with Crippen molar-refractivity contribution in [2.75, 3.05) is 11.9 Å². The second kappa shape index (κ2) is 18.1. The Bertz CT molecular complexity index is 4320. The number of aromatic hydroxyl groups is 1. The van der Waals surface area contributed by atoms with E-state index in [9.17, 15) is 35.4 Å². The fourth-order valence-corrected chi connectivity index (χ4v) is 25.9. The fourth-order valence-electron chi connectivity index (χ4n) is 25.9. The highest BCUT2D eigenvalue weighted by molar-refractivity contribution is 6.34.